The lowest BCUT2D eigenvalue weighted by molar-refractivity contribution is -0.153. The highest BCUT2D eigenvalue weighted by Gasteiger charge is 2.19. The van der Waals surface area contributed by atoms with Crippen molar-refractivity contribution in [3.05, 3.63) is 71.8 Å². The molecule has 0 aliphatic carbocycles. The minimum absolute atomic E-state index is 0.230. The Labute approximate surface area is 163 Å². The van der Waals surface area contributed by atoms with E-state index in [0.29, 0.717) is 24.4 Å². The molecule has 28 heavy (non-hydrogen) atoms. The van der Waals surface area contributed by atoms with Gasteiger partial charge in [-0.3, -0.25) is 9.59 Å². The number of ether oxygens (including phenoxy) is 2. The third-order valence-electron chi connectivity index (χ3n) is 4.44. The van der Waals surface area contributed by atoms with Crippen molar-refractivity contribution in [2.75, 3.05) is 26.3 Å². The first kappa shape index (κ1) is 19.4. The van der Waals surface area contributed by atoms with Crippen LogP contribution < -0.4 is 4.74 Å². The van der Waals surface area contributed by atoms with E-state index in [4.69, 9.17) is 9.47 Å². The summed E-state index contributed by atoms with van der Waals surface area (Å²) >= 11 is 0. The number of nitrogens with zero attached hydrogens (tertiary/aromatic N) is 1. The summed E-state index contributed by atoms with van der Waals surface area (Å²) in [7, 11) is 0. The predicted molar refractivity (Wildman–Crippen MR) is 104 cm³/mol. The van der Waals surface area contributed by atoms with Gasteiger partial charge in [0.2, 0.25) is 0 Å². The molecule has 0 spiro atoms. The van der Waals surface area contributed by atoms with E-state index < -0.39 is 5.97 Å². The zero-order chi connectivity index (χ0) is 19.8. The fourth-order valence-corrected chi connectivity index (χ4v) is 2.87. The van der Waals surface area contributed by atoms with Crippen molar-refractivity contribution >= 4 is 23.7 Å². The molecule has 0 radical (unpaired) electrons. The van der Waals surface area contributed by atoms with Gasteiger partial charge in [0.05, 0.1) is 0 Å². The minimum Gasteiger partial charge on any atom is -0.482 e. The molecule has 6 nitrogen and oxygen atoms in total. The van der Waals surface area contributed by atoms with Crippen molar-refractivity contribution in [3.63, 3.8) is 0 Å². The van der Waals surface area contributed by atoms with Gasteiger partial charge in [-0.2, -0.15) is 0 Å². The van der Waals surface area contributed by atoms with Gasteiger partial charge in [-0.1, -0.05) is 36.4 Å². The Kier molecular flexibility index (Phi) is 6.57. The molecule has 0 atom stereocenters. The monoisotopic (exact) mass is 379 g/mol. The van der Waals surface area contributed by atoms with Crippen LogP contribution in [0.1, 0.15) is 22.3 Å². The van der Waals surface area contributed by atoms with Crippen LogP contribution in [-0.2, 0) is 14.3 Å². The maximum Gasteiger partial charge on any atom is 0.344 e. The summed E-state index contributed by atoms with van der Waals surface area (Å²) in [4.78, 5) is 36.3. The Morgan fingerprint density at radius 2 is 1.75 bits per heavy atom. The Morgan fingerprint density at radius 1 is 1.00 bits per heavy atom. The van der Waals surface area contributed by atoms with Crippen LogP contribution in [0, 0.1) is 0 Å². The molecule has 1 aliphatic heterocycles. The molecule has 1 aliphatic rings. The van der Waals surface area contributed by atoms with Crippen molar-refractivity contribution < 1.29 is 23.9 Å². The molecular weight excluding hydrogens is 358 g/mol. The molecule has 0 bridgehead atoms. The van der Waals surface area contributed by atoms with Gasteiger partial charge in [-0.25, -0.2) is 4.79 Å². The van der Waals surface area contributed by atoms with Gasteiger partial charge in [-0.15, -0.1) is 0 Å². The lowest BCUT2D eigenvalue weighted by atomic mass is 10.00. The number of amides is 1. The van der Waals surface area contributed by atoms with Gasteiger partial charge in [0.15, 0.2) is 13.2 Å². The SMILES string of the molecule is O=Cc1ccc(OCC(=O)OCC(=O)N2CC=C(c3ccccc3)CC2)cc1. The fourth-order valence-electron chi connectivity index (χ4n) is 2.87. The third-order valence-corrected chi connectivity index (χ3v) is 4.44. The highest BCUT2D eigenvalue weighted by atomic mass is 16.6. The number of hydrogen-bond acceptors (Lipinski definition) is 5. The minimum atomic E-state index is -0.620. The van der Waals surface area contributed by atoms with Crippen molar-refractivity contribution in [1.82, 2.24) is 4.90 Å². The van der Waals surface area contributed by atoms with Crippen molar-refractivity contribution in [3.8, 4) is 5.75 Å². The second-order valence-corrected chi connectivity index (χ2v) is 6.32. The number of hydrogen-bond donors (Lipinski definition) is 0. The molecule has 0 N–H and O–H groups in total. The molecular formula is C22H21NO5. The smallest absolute Gasteiger partial charge is 0.344 e. The average molecular weight is 379 g/mol. The summed E-state index contributed by atoms with van der Waals surface area (Å²) in [6.45, 7) is 0.490. The van der Waals surface area contributed by atoms with Gasteiger partial charge in [0.1, 0.15) is 12.0 Å². The van der Waals surface area contributed by atoms with E-state index in [2.05, 4.69) is 12.1 Å². The second-order valence-electron chi connectivity index (χ2n) is 6.32. The van der Waals surface area contributed by atoms with Crippen molar-refractivity contribution in [2.24, 2.45) is 0 Å². The zero-order valence-corrected chi connectivity index (χ0v) is 15.4. The second kappa shape index (κ2) is 9.50. The molecule has 3 rings (SSSR count). The van der Waals surface area contributed by atoms with Crippen LogP contribution >= 0.6 is 0 Å². The Morgan fingerprint density at radius 3 is 2.39 bits per heavy atom. The van der Waals surface area contributed by atoms with Crippen LogP contribution in [-0.4, -0.2) is 49.4 Å². The maximum absolute atomic E-state index is 12.2. The van der Waals surface area contributed by atoms with Gasteiger partial charge in [0, 0.05) is 18.7 Å². The highest BCUT2D eigenvalue weighted by Crippen LogP contribution is 2.22. The number of benzene rings is 2. The third kappa shape index (κ3) is 5.30. The normalized spacial score (nSPS) is 13.4. The van der Waals surface area contributed by atoms with Crippen LogP contribution in [0.15, 0.2) is 60.7 Å². The van der Waals surface area contributed by atoms with Gasteiger partial charge in [-0.05, 0) is 41.8 Å². The molecule has 0 fully saturated rings. The molecule has 1 heterocycles. The van der Waals surface area contributed by atoms with Crippen LogP contribution in [0.3, 0.4) is 0 Å². The first-order valence-corrected chi connectivity index (χ1v) is 9.01. The number of esters is 1. The number of aldehydes is 1. The standard InChI is InChI=1S/C22H21NO5/c24-14-17-6-8-20(9-7-17)27-16-22(26)28-15-21(25)23-12-10-19(11-13-23)18-4-2-1-3-5-18/h1-10,14H,11-13,15-16H2. The molecule has 0 saturated carbocycles. The van der Waals surface area contributed by atoms with Gasteiger partial charge < -0.3 is 14.4 Å². The van der Waals surface area contributed by atoms with E-state index in [0.717, 1.165) is 12.7 Å². The Bertz CT molecular complexity index is 858. The number of carbonyl (C=O) groups is 3. The summed E-state index contributed by atoms with van der Waals surface area (Å²) in [5, 5.41) is 0. The molecule has 0 aromatic heterocycles. The fraction of sp³-hybridized carbons (Fsp3) is 0.227. The molecule has 2 aromatic rings. The first-order chi connectivity index (χ1) is 13.7. The Balaban J connectivity index is 1.40. The summed E-state index contributed by atoms with van der Waals surface area (Å²) in [5.74, 6) is -0.402. The van der Waals surface area contributed by atoms with Crippen LogP contribution in [0.2, 0.25) is 0 Å². The predicted octanol–water partition coefficient (Wildman–Crippen LogP) is 2.74. The quantitative estimate of drug-likeness (QED) is 0.546. The molecule has 0 unspecified atom stereocenters. The summed E-state index contributed by atoms with van der Waals surface area (Å²) in [6, 6.07) is 16.4. The van der Waals surface area contributed by atoms with E-state index >= 15 is 0 Å². The highest BCUT2D eigenvalue weighted by molar-refractivity contribution is 5.82. The molecule has 2 aromatic carbocycles. The lowest BCUT2D eigenvalue weighted by Gasteiger charge is -2.26. The van der Waals surface area contributed by atoms with Gasteiger partial charge in [0.25, 0.3) is 5.91 Å². The van der Waals surface area contributed by atoms with Gasteiger partial charge >= 0.3 is 5.97 Å². The molecule has 1 amide bonds. The molecule has 144 valence electrons. The summed E-state index contributed by atoms with van der Waals surface area (Å²) < 4.78 is 10.3. The molecule has 0 saturated heterocycles. The topological polar surface area (TPSA) is 72.9 Å². The van der Waals surface area contributed by atoms with Crippen LogP contribution in [0.4, 0.5) is 0 Å². The van der Waals surface area contributed by atoms with Crippen LogP contribution in [0.25, 0.3) is 5.57 Å². The van der Waals surface area contributed by atoms with E-state index in [1.54, 1.807) is 29.2 Å². The van der Waals surface area contributed by atoms with E-state index in [9.17, 15) is 14.4 Å². The average Bonchev–Trinajstić information content (AvgIpc) is 2.77. The largest absolute Gasteiger partial charge is 0.482 e. The van der Waals surface area contributed by atoms with Crippen LogP contribution in [0.5, 0.6) is 5.75 Å². The van der Waals surface area contributed by atoms with Crippen molar-refractivity contribution in [2.45, 2.75) is 6.42 Å². The van der Waals surface area contributed by atoms with E-state index in [-0.39, 0.29) is 19.1 Å². The Hall–Kier alpha value is -3.41. The first-order valence-electron chi connectivity index (χ1n) is 9.01. The summed E-state index contributed by atoms with van der Waals surface area (Å²) in [6.07, 6.45) is 3.52. The molecule has 6 heteroatoms. The number of carbonyl (C=O) groups excluding carboxylic acids is 3. The van der Waals surface area contributed by atoms with E-state index in [1.807, 2.05) is 24.3 Å². The number of rotatable bonds is 7. The zero-order valence-electron chi connectivity index (χ0n) is 15.4. The lowest BCUT2D eigenvalue weighted by Crippen LogP contribution is -2.38. The van der Waals surface area contributed by atoms with E-state index in [1.165, 1.54) is 11.1 Å². The maximum atomic E-state index is 12.2. The van der Waals surface area contributed by atoms with Crippen molar-refractivity contribution in [1.29, 1.82) is 0 Å². The summed E-state index contributed by atoms with van der Waals surface area (Å²) in [5.41, 5.74) is 2.90.